The normalized spacial score (nSPS) is 15.1. The van der Waals surface area contributed by atoms with Gasteiger partial charge in [0.15, 0.2) is 11.2 Å². The predicted octanol–water partition coefficient (Wildman–Crippen LogP) is 2.63. The Morgan fingerprint density at radius 3 is 2.47 bits per heavy atom. The van der Waals surface area contributed by atoms with Crippen LogP contribution in [0.3, 0.4) is 0 Å². The fourth-order valence-corrected chi connectivity index (χ4v) is 3.63. The van der Waals surface area contributed by atoms with Crippen molar-refractivity contribution in [3.63, 3.8) is 0 Å². The molecule has 7 heteroatoms. The zero-order valence-electron chi connectivity index (χ0n) is 16.5. The van der Waals surface area contributed by atoms with Crippen molar-refractivity contribution in [2.24, 2.45) is 0 Å². The molecule has 0 unspecified atom stereocenters. The van der Waals surface area contributed by atoms with Crippen molar-refractivity contribution in [3.8, 4) is 0 Å². The van der Waals surface area contributed by atoms with E-state index >= 15 is 0 Å². The lowest BCUT2D eigenvalue weighted by molar-refractivity contribution is -0.117. The third-order valence-electron chi connectivity index (χ3n) is 5.21. The van der Waals surface area contributed by atoms with Crippen molar-refractivity contribution in [2.75, 3.05) is 25.0 Å². The maximum Gasteiger partial charge on any atom is 0.287 e. The summed E-state index contributed by atoms with van der Waals surface area (Å²) in [7, 11) is 0. The van der Waals surface area contributed by atoms with Gasteiger partial charge in [-0.25, -0.2) is 0 Å². The van der Waals surface area contributed by atoms with Crippen molar-refractivity contribution >= 4 is 28.5 Å². The Morgan fingerprint density at radius 1 is 1.00 bits per heavy atom. The summed E-state index contributed by atoms with van der Waals surface area (Å²) in [5, 5.41) is 6.28. The lowest BCUT2D eigenvalue weighted by Gasteiger charge is -2.31. The first kappa shape index (κ1) is 19.8. The Morgan fingerprint density at radius 2 is 1.70 bits per heavy atom. The molecule has 1 fully saturated rings. The molecule has 1 saturated heterocycles. The highest BCUT2D eigenvalue weighted by Crippen LogP contribution is 2.14. The van der Waals surface area contributed by atoms with E-state index in [-0.39, 0.29) is 23.1 Å². The Hall–Kier alpha value is -3.45. The predicted molar refractivity (Wildman–Crippen MR) is 114 cm³/mol. The number of amides is 2. The maximum absolute atomic E-state index is 12.5. The lowest BCUT2D eigenvalue weighted by atomic mass is 10.0. The van der Waals surface area contributed by atoms with E-state index in [1.54, 1.807) is 24.3 Å². The molecule has 154 valence electrons. The van der Waals surface area contributed by atoms with Crippen LogP contribution in [0, 0.1) is 0 Å². The van der Waals surface area contributed by atoms with Crippen LogP contribution in [-0.4, -0.2) is 42.4 Å². The van der Waals surface area contributed by atoms with Gasteiger partial charge in [-0.3, -0.25) is 19.3 Å². The van der Waals surface area contributed by atoms with Crippen LogP contribution in [0.4, 0.5) is 5.69 Å². The molecule has 2 heterocycles. The van der Waals surface area contributed by atoms with Gasteiger partial charge in [-0.1, -0.05) is 30.3 Å². The summed E-state index contributed by atoms with van der Waals surface area (Å²) >= 11 is 0. The number of rotatable bonds is 5. The first-order valence-corrected chi connectivity index (χ1v) is 9.99. The Balaban J connectivity index is 1.29. The van der Waals surface area contributed by atoms with Gasteiger partial charge >= 0.3 is 0 Å². The molecule has 1 aliphatic rings. The maximum atomic E-state index is 12.5. The smallest absolute Gasteiger partial charge is 0.287 e. The summed E-state index contributed by atoms with van der Waals surface area (Å²) in [5.74, 6) is -0.428. The number of benzene rings is 2. The SMILES string of the molecule is O=C(CN1CCC(NC(=O)c2cc(=O)c3ccccc3o2)CC1)Nc1ccccc1. The van der Waals surface area contributed by atoms with Gasteiger partial charge in [0.1, 0.15) is 5.58 Å². The summed E-state index contributed by atoms with van der Waals surface area (Å²) in [5.41, 5.74) is 0.942. The second-order valence-corrected chi connectivity index (χ2v) is 7.41. The largest absolute Gasteiger partial charge is 0.451 e. The zero-order chi connectivity index (χ0) is 20.9. The van der Waals surface area contributed by atoms with Gasteiger partial charge in [-0.2, -0.15) is 0 Å². The number of piperidine rings is 1. The lowest BCUT2D eigenvalue weighted by Crippen LogP contribution is -2.46. The Bertz CT molecular complexity index is 1100. The molecule has 0 bridgehead atoms. The van der Waals surface area contributed by atoms with Crippen molar-refractivity contribution in [1.82, 2.24) is 10.2 Å². The molecule has 1 aliphatic heterocycles. The second kappa shape index (κ2) is 8.92. The van der Waals surface area contributed by atoms with Gasteiger partial charge in [0.2, 0.25) is 5.91 Å². The average Bonchev–Trinajstić information content (AvgIpc) is 2.76. The van der Waals surface area contributed by atoms with Crippen molar-refractivity contribution < 1.29 is 14.0 Å². The second-order valence-electron chi connectivity index (χ2n) is 7.41. The number of carbonyl (C=O) groups excluding carboxylic acids is 2. The van der Waals surface area contributed by atoms with Crippen LogP contribution < -0.4 is 16.1 Å². The molecule has 2 N–H and O–H groups in total. The van der Waals surface area contributed by atoms with Gasteiger partial charge < -0.3 is 15.1 Å². The molecule has 30 heavy (non-hydrogen) atoms. The van der Waals surface area contributed by atoms with Gasteiger partial charge in [0, 0.05) is 30.9 Å². The number of carbonyl (C=O) groups is 2. The molecule has 0 radical (unpaired) electrons. The number of para-hydroxylation sites is 2. The minimum absolute atomic E-state index is 0.0170. The molecule has 0 atom stereocenters. The quantitative estimate of drug-likeness (QED) is 0.681. The van der Waals surface area contributed by atoms with E-state index in [1.807, 2.05) is 30.3 Å². The highest BCUT2D eigenvalue weighted by Gasteiger charge is 2.23. The number of nitrogens with one attached hydrogen (secondary N) is 2. The first-order chi connectivity index (χ1) is 14.6. The van der Waals surface area contributed by atoms with Crippen LogP contribution in [-0.2, 0) is 4.79 Å². The first-order valence-electron chi connectivity index (χ1n) is 9.99. The third-order valence-corrected chi connectivity index (χ3v) is 5.21. The van der Waals surface area contributed by atoms with Crippen molar-refractivity contribution in [2.45, 2.75) is 18.9 Å². The molecule has 2 aromatic carbocycles. The van der Waals surface area contributed by atoms with Crippen molar-refractivity contribution in [3.05, 3.63) is 76.6 Å². The average molecular weight is 405 g/mol. The van der Waals surface area contributed by atoms with Crippen LogP contribution in [0.25, 0.3) is 11.0 Å². The van der Waals surface area contributed by atoms with Crippen LogP contribution in [0.15, 0.2) is 69.9 Å². The molecule has 0 saturated carbocycles. The zero-order valence-corrected chi connectivity index (χ0v) is 16.5. The third kappa shape index (κ3) is 4.75. The van der Waals surface area contributed by atoms with Crippen LogP contribution in [0.5, 0.6) is 0 Å². The minimum atomic E-state index is -0.391. The molecule has 7 nitrogen and oxygen atoms in total. The Labute approximate surface area is 173 Å². The molecule has 0 aliphatic carbocycles. The van der Waals surface area contributed by atoms with Crippen molar-refractivity contribution in [1.29, 1.82) is 0 Å². The summed E-state index contributed by atoms with van der Waals surface area (Å²) in [4.78, 5) is 39.0. The van der Waals surface area contributed by atoms with E-state index in [1.165, 1.54) is 6.07 Å². The summed E-state index contributed by atoms with van der Waals surface area (Å²) in [6, 6.07) is 17.4. The van der Waals surface area contributed by atoms with E-state index in [4.69, 9.17) is 4.42 Å². The topological polar surface area (TPSA) is 91.7 Å². The number of hydrogen-bond acceptors (Lipinski definition) is 5. The van der Waals surface area contributed by atoms with E-state index in [2.05, 4.69) is 15.5 Å². The molecule has 3 aromatic rings. The molecule has 1 aromatic heterocycles. The number of nitrogens with zero attached hydrogens (tertiary/aromatic N) is 1. The van der Waals surface area contributed by atoms with Gasteiger partial charge in [-0.05, 0) is 37.1 Å². The number of fused-ring (bicyclic) bond motifs is 1. The summed E-state index contributed by atoms with van der Waals surface area (Å²) in [6.07, 6.45) is 1.45. The Kier molecular flexibility index (Phi) is 5.90. The van der Waals surface area contributed by atoms with Crippen LogP contribution in [0.1, 0.15) is 23.4 Å². The number of likely N-dealkylation sites (tertiary alicyclic amines) is 1. The van der Waals surface area contributed by atoms with Gasteiger partial charge in [0.25, 0.3) is 5.91 Å². The molecular weight excluding hydrogens is 382 g/mol. The van der Waals surface area contributed by atoms with E-state index in [0.717, 1.165) is 18.5 Å². The molecule has 0 spiro atoms. The highest BCUT2D eigenvalue weighted by atomic mass is 16.3. The summed E-state index contributed by atoms with van der Waals surface area (Å²) in [6.45, 7) is 1.72. The van der Waals surface area contributed by atoms with E-state index in [9.17, 15) is 14.4 Å². The standard InChI is InChI=1S/C23H23N3O4/c27-19-14-21(30-20-9-5-4-8-18(19)20)23(29)25-17-10-12-26(13-11-17)15-22(28)24-16-6-2-1-3-7-16/h1-9,14,17H,10-13,15H2,(H,24,28)(H,25,29). The van der Waals surface area contributed by atoms with E-state index < -0.39 is 5.91 Å². The van der Waals surface area contributed by atoms with Crippen LogP contribution in [0.2, 0.25) is 0 Å². The monoisotopic (exact) mass is 405 g/mol. The molecular formula is C23H23N3O4. The number of hydrogen-bond donors (Lipinski definition) is 2. The molecule has 4 rings (SSSR count). The van der Waals surface area contributed by atoms with E-state index in [0.29, 0.717) is 30.6 Å². The highest BCUT2D eigenvalue weighted by molar-refractivity contribution is 5.93. The van der Waals surface area contributed by atoms with Gasteiger partial charge in [-0.15, -0.1) is 0 Å². The fraction of sp³-hybridized carbons (Fsp3) is 0.261. The van der Waals surface area contributed by atoms with Gasteiger partial charge in [0.05, 0.1) is 11.9 Å². The number of anilines is 1. The summed E-state index contributed by atoms with van der Waals surface area (Å²) < 4.78 is 5.60. The van der Waals surface area contributed by atoms with Crippen LogP contribution >= 0.6 is 0 Å². The fourth-order valence-electron chi connectivity index (χ4n) is 3.63. The molecule has 2 amide bonds. The minimum Gasteiger partial charge on any atom is -0.451 e.